The summed E-state index contributed by atoms with van der Waals surface area (Å²) in [6, 6.07) is 0.975. The second-order valence-electron chi connectivity index (χ2n) is 2.34. The van der Waals surface area contributed by atoms with Gasteiger partial charge in [-0.25, -0.2) is 4.98 Å². The van der Waals surface area contributed by atoms with E-state index in [1.54, 1.807) is 0 Å². The third-order valence-electron chi connectivity index (χ3n) is 1.27. The van der Waals surface area contributed by atoms with E-state index in [1.165, 1.54) is 0 Å². The quantitative estimate of drug-likeness (QED) is 0.787. The second kappa shape index (κ2) is 4.02. The van der Waals surface area contributed by atoms with Crippen LogP contribution in [0.5, 0.6) is 5.75 Å². The molecule has 0 saturated heterocycles. The molecule has 0 atom stereocenters. The van der Waals surface area contributed by atoms with Crippen molar-refractivity contribution >= 4 is 11.6 Å². The van der Waals surface area contributed by atoms with Gasteiger partial charge in [-0.1, -0.05) is 11.6 Å². The predicted molar refractivity (Wildman–Crippen MR) is 41.9 cm³/mol. The molecule has 0 aliphatic carbocycles. The number of nitrogens with zero attached hydrogens (tertiary/aromatic N) is 1. The van der Waals surface area contributed by atoms with Gasteiger partial charge in [-0.3, -0.25) is 0 Å². The molecule has 1 heterocycles. The number of aliphatic hydroxyl groups is 1. The maximum absolute atomic E-state index is 11.8. The fourth-order valence-corrected chi connectivity index (χ4v) is 0.893. The van der Waals surface area contributed by atoms with Gasteiger partial charge in [0.2, 0.25) is 0 Å². The number of alkyl halides is 3. The minimum absolute atomic E-state index is 0.189. The van der Waals surface area contributed by atoms with Crippen molar-refractivity contribution < 1.29 is 23.0 Å². The van der Waals surface area contributed by atoms with Gasteiger partial charge in [-0.2, -0.15) is 0 Å². The number of hydrogen-bond acceptors (Lipinski definition) is 3. The molecule has 0 saturated carbocycles. The third kappa shape index (κ3) is 3.04. The Kier molecular flexibility index (Phi) is 3.17. The highest BCUT2D eigenvalue weighted by Crippen LogP contribution is 2.28. The molecule has 1 rings (SSSR count). The van der Waals surface area contributed by atoms with Crippen molar-refractivity contribution in [1.82, 2.24) is 4.98 Å². The molecule has 0 bridgehead atoms. The summed E-state index contributed by atoms with van der Waals surface area (Å²) in [5.74, 6) is -0.620. The SMILES string of the molecule is OCc1cnc(Cl)c(OC(F)(F)F)c1. The zero-order valence-electron chi connectivity index (χ0n) is 6.68. The maximum atomic E-state index is 11.8. The van der Waals surface area contributed by atoms with Gasteiger partial charge in [-0.15, -0.1) is 13.2 Å². The molecule has 0 spiro atoms. The van der Waals surface area contributed by atoms with Crippen LogP contribution in [0.15, 0.2) is 12.3 Å². The van der Waals surface area contributed by atoms with E-state index in [0.717, 1.165) is 12.3 Å². The minimum Gasteiger partial charge on any atom is -0.402 e. The largest absolute Gasteiger partial charge is 0.573 e. The Bertz CT molecular complexity index is 329. The topological polar surface area (TPSA) is 42.4 Å². The average molecular weight is 228 g/mol. The molecule has 0 fully saturated rings. The molecule has 3 nitrogen and oxygen atoms in total. The average Bonchev–Trinajstić information content (AvgIpc) is 2.06. The Morgan fingerprint density at radius 3 is 2.64 bits per heavy atom. The zero-order chi connectivity index (χ0) is 10.8. The summed E-state index contributed by atoms with van der Waals surface area (Å²) >= 11 is 5.34. The van der Waals surface area contributed by atoms with Gasteiger partial charge < -0.3 is 9.84 Å². The van der Waals surface area contributed by atoms with Crippen molar-refractivity contribution in [3.63, 3.8) is 0 Å². The van der Waals surface area contributed by atoms with Crippen LogP contribution in [0.4, 0.5) is 13.2 Å². The summed E-state index contributed by atoms with van der Waals surface area (Å²) in [5, 5.41) is 8.23. The Balaban J connectivity index is 2.95. The van der Waals surface area contributed by atoms with Crippen LogP contribution in [0, 0.1) is 0 Å². The number of ether oxygens (including phenoxy) is 1. The maximum Gasteiger partial charge on any atom is 0.573 e. The van der Waals surface area contributed by atoms with Gasteiger partial charge in [0.1, 0.15) is 0 Å². The lowest BCUT2D eigenvalue weighted by molar-refractivity contribution is -0.274. The molecule has 1 aromatic rings. The van der Waals surface area contributed by atoms with E-state index in [0.29, 0.717) is 0 Å². The van der Waals surface area contributed by atoms with Gasteiger partial charge in [0.15, 0.2) is 10.9 Å². The molecule has 0 aromatic carbocycles. The molecular formula is C7H5ClF3NO2. The summed E-state index contributed by atoms with van der Waals surface area (Å²) in [6.45, 7) is -0.432. The lowest BCUT2D eigenvalue weighted by Crippen LogP contribution is -2.17. The van der Waals surface area contributed by atoms with E-state index < -0.39 is 23.9 Å². The molecule has 1 N–H and O–H groups in total. The fourth-order valence-electron chi connectivity index (χ4n) is 0.751. The second-order valence-corrected chi connectivity index (χ2v) is 2.70. The molecule has 0 radical (unpaired) electrons. The predicted octanol–water partition coefficient (Wildman–Crippen LogP) is 2.13. The Morgan fingerprint density at radius 2 is 2.14 bits per heavy atom. The smallest absolute Gasteiger partial charge is 0.402 e. The summed E-state index contributed by atoms with van der Waals surface area (Å²) in [5.41, 5.74) is 0.189. The number of aromatic nitrogens is 1. The molecule has 0 aliphatic rings. The molecule has 0 aliphatic heterocycles. The summed E-state index contributed by atoms with van der Waals surface area (Å²) in [7, 11) is 0. The number of hydrogen-bond donors (Lipinski definition) is 1. The first-order chi connectivity index (χ1) is 6.42. The van der Waals surface area contributed by atoms with E-state index in [2.05, 4.69) is 9.72 Å². The minimum atomic E-state index is -4.82. The van der Waals surface area contributed by atoms with Crippen LogP contribution in [-0.4, -0.2) is 16.5 Å². The lowest BCUT2D eigenvalue weighted by Gasteiger charge is -2.10. The Labute approximate surface area is 82.1 Å². The monoisotopic (exact) mass is 227 g/mol. The Morgan fingerprint density at radius 1 is 1.50 bits per heavy atom. The number of rotatable bonds is 2. The number of halogens is 4. The highest BCUT2D eigenvalue weighted by molar-refractivity contribution is 6.30. The van der Waals surface area contributed by atoms with Crippen LogP contribution < -0.4 is 4.74 Å². The van der Waals surface area contributed by atoms with Gasteiger partial charge in [0.05, 0.1) is 6.61 Å². The zero-order valence-corrected chi connectivity index (χ0v) is 7.43. The fraction of sp³-hybridized carbons (Fsp3) is 0.286. The van der Waals surface area contributed by atoms with E-state index in [4.69, 9.17) is 16.7 Å². The highest BCUT2D eigenvalue weighted by atomic mass is 35.5. The Hall–Kier alpha value is -1.01. The van der Waals surface area contributed by atoms with E-state index in [1.807, 2.05) is 0 Å². The first-order valence-electron chi connectivity index (χ1n) is 3.43. The van der Waals surface area contributed by atoms with Crippen molar-refractivity contribution in [1.29, 1.82) is 0 Å². The van der Waals surface area contributed by atoms with Crippen molar-refractivity contribution in [2.45, 2.75) is 13.0 Å². The standard InChI is InChI=1S/C7H5ClF3NO2/c8-6-5(14-7(9,10)11)1-4(3-13)2-12-6/h1-2,13H,3H2. The van der Waals surface area contributed by atoms with Crippen molar-refractivity contribution in [2.24, 2.45) is 0 Å². The highest BCUT2D eigenvalue weighted by Gasteiger charge is 2.32. The van der Waals surface area contributed by atoms with Crippen molar-refractivity contribution in [3.05, 3.63) is 23.0 Å². The molecule has 14 heavy (non-hydrogen) atoms. The third-order valence-corrected chi connectivity index (χ3v) is 1.56. The van der Waals surface area contributed by atoms with Crippen LogP contribution >= 0.6 is 11.6 Å². The summed E-state index contributed by atoms with van der Waals surface area (Å²) < 4.78 is 38.9. The molecule has 7 heteroatoms. The van der Waals surface area contributed by atoms with Crippen molar-refractivity contribution in [2.75, 3.05) is 0 Å². The van der Waals surface area contributed by atoms with Gasteiger partial charge in [0.25, 0.3) is 0 Å². The number of pyridine rings is 1. The van der Waals surface area contributed by atoms with E-state index in [9.17, 15) is 13.2 Å². The summed E-state index contributed by atoms with van der Waals surface area (Å²) in [4.78, 5) is 3.41. The van der Waals surface area contributed by atoms with Gasteiger partial charge >= 0.3 is 6.36 Å². The van der Waals surface area contributed by atoms with E-state index in [-0.39, 0.29) is 5.56 Å². The molecule has 0 unspecified atom stereocenters. The normalized spacial score (nSPS) is 11.5. The lowest BCUT2D eigenvalue weighted by atomic mass is 10.3. The molecular weight excluding hydrogens is 223 g/mol. The van der Waals surface area contributed by atoms with Crippen LogP contribution in [0.1, 0.15) is 5.56 Å². The first kappa shape index (κ1) is 11.1. The molecule has 0 amide bonds. The van der Waals surface area contributed by atoms with E-state index >= 15 is 0 Å². The summed E-state index contributed by atoms with van der Waals surface area (Å²) in [6.07, 6.45) is -3.66. The van der Waals surface area contributed by atoms with Crippen LogP contribution in [-0.2, 0) is 6.61 Å². The van der Waals surface area contributed by atoms with Crippen LogP contribution in [0.3, 0.4) is 0 Å². The van der Waals surface area contributed by atoms with Crippen LogP contribution in [0.2, 0.25) is 5.15 Å². The first-order valence-corrected chi connectivity index (χ1v) is 3.81. The molecule has 1 aromatic heterocycles. The molecule has 78 valence electrons. The van der Waals surface area contributed by atoms with Gasteiger partial charge in [0, 0.05) is 6.20 Å². The van der Waals surface area contributed by atoms with Crippen LogP contribution in [0.25, 0.3) is 0 Å². The number of aliphatic hydroxyl groups excluding tert-OH is 1. The van der Waals surface area contributed by atoms with Gasteiger partial charge in [-0.05, 0) is 11.6 Å². The van der Waals surface area contributed by atoms with Crippen molar-refractivity contribution in [3.8, 4) is 5.75 Å².